The van der Waals surface area contributed by atoms with Crippen LogP contribution in [-0.2, 0) is 4.74 Å². The molecule has 0 saturated carbocycles. The topological polar surface area (TPSA) is 143 Å². The van der Waals surface area contributed by atoms with Crippen molar-refractivity contribution < 1.29 is 38.8 Å². The summed E-state index contributed by atoms with van der Waals surface area (Å²) in [6.07, 6.45) is 3.37. The highest BCUT2D eigenvalue weighted by atomic mass is 16.5. The van der Waals surface area contributed by atoms with E-state index in [4.69, 9.17) is 14.2 Å². The number of esters is 1. The summed E-state index contributed by atoms with van der Waals surface area (Å²) in [4.78, 5) is 38.7. The molecule has 10 heteroatoms. The molecule has 39 heavy (non-hydrogen) atoms. The third-order valence-corrected chi connectivity index (χ3v) is 6.49. The SMILES string of the molecule is O=C(N[C@@H]1CNCCC[C@H]1OC(=O)c1ccc(C(=O)c2cc3c(cc2O)OC=CO3)cc1)c1ccc(O)cc1. The van der Waals surface area contributed by atoms with Crippen LogP contribution < -0.4 is 20.1 Å². The van der Waals surface area contributed by atoms with E-state index in [-0.39, 0.29) is 39.8 Å². The number of carbonyl (C=O) groups excluding carboxylic acids is 3. The lowest BCUT2D eigenvalue weighted by Crippen LogP contribution is -2.49. The fraction of sp³-hybridized carbons (Fsp3) is 0.207. The van der Waals surface area contributed by atoms with E-state index >= 15 is 0 Å². The summed E-state index contributed by atoms with van der Waals surface area (Å²) in [7, 11) is 0. The van der Waals surface area contributed by atoms with E-state index in [2.05, 4.69) is 10.6 Å². The smallest absolute Gasteiger partial charge is 0.338 e. The van der Waals surface area contributed by atoms with Crippen LogP contribution in [0.3, 0.4) is 0 Å². The summed E-state index contributed by atoms with van der Waals surface area (Å²) in [6, 6.07) is 14.0. The number of rotatable bonds is 6. The van der Waals surface area contributed by atoms with Gasteiger partial charge < -0.3 is 35.1 Å². The second-order valence-electron chi connectivity index (χ2n) is 9.15. The number of carbonyl (C=O) groups is 3. The number of phenols is 2. The second-order valence-corrected chi connectivity index (χ2v) is 9.15. The molecule has 10 nitrogen and oxygen atoms in total. The van der Waals surface area contributed by atoms with E-state index in [1.165, 1.54) is 73.2 Å². The van der Waals surface area contributed by atoms with Crippen LogP contribution in [0.25, 0.3) is 0 Å². The summed E-state index contributed by atoms with van der Waals surface area (Å²) in [5, 5.41) is 25.9. The Hall–Kier alpha value is -4.83. The van der Waals surface area contributed by atoms with Crippen LogP contribution >= 0.6 is 0 Å². The summed E-state index contributed by atoms with van der Waals surface area (Å²) in [6.45, 7) is 1.14. The lowest BCUT2D eigenvalue weighted by atomic mass is 10.0. The first kappa shape index (κ1) is 25.8. The van der Waals surface area contributed by atoms with Crippen LogP contribution in [0.1, 0.15) is 49.5 Å². The van der Waals surface area contributed by atoms with Gasteiger partial charge in [-0.1, -0.05) is 12.1 Å². The molecule has 2 aliphatic rings. The number of benzene rings is 3. The molecule has 0 radical (unpaired) electrons. The van der Waals surface area contributed by atoms with Crippen molar-refractivity contribution in [3.8, 4) is 23.0 Å². The molecule has 1 fully saturated rings. The highest BCUT2D eigenvalue weighted by Gasteiger charge is 2.29. The Kier molecular flexibility index (Phi) is 7.46. The number of fused-ring (bicyclic) bond motifs is 1. The Morgan fingerprint density at radius 2 is 1.51 bits per heavy atom. The summed E-state index contributed by atoms with van der Waals surface area (Å²) >= 11 is 0. The zero-order valence-corrected chi connectivity index (χ0v) is 20.8. The van der Waals surface area contributed by atoms with E-state index < -0.39 is 23.9 Å². The van der Waals surface area contributed by atoms with Crippen LogP contribution in [0.15, 0.2) is 73.2 Å². The Balaban J connectivity index is 1.26. The zero-order chi connectivity index (χ0) is 27.4. The summed E-state index contributed by atoms with van der Waals surface area (Å²) in [5.41, 5.74) is 0.903. The molecular weight excluding hydrogens is 504 g/mol. The van der Waals surface area contributed by atoms with Crippen molar-refractivity contribution in [2.45, 2.75) is 25.0 Å². The van der Waals surface area contributed by atoms with Gasteiger partial charge in [0.2, 0.25) is 0 Å². The van der Waals surface area contributed by atoms with Gasteiger partial charge in [0.1, 0.15) is 30.1 Å². The first-order valence-electron chi connectivity index (χ1n) is 12.4. The predicted octanol–water partition coefficient (Wildman–Crippen LogP) is 3.28. The fourth-order valence-corrected chi connectivity index (χ4v) is 4.40. The largest absolute Gasteiger partial charge is 0.508 e. The molecule has 3 aromatic carbocycles. The summed E-state index contributed by atoms with van der Waals surface area (Å²) in [5.74, 6) is -1.00. The minimum absolute atomic E-state index is 0.0288. The van der Waals surface area contributed by atoms with E-state index in [1.54, 1.807) is 0 Å². The maximum Gasteiger partial charge on any atom is 0.338 e. The standard InChI is InChI=1S/C29H26N2O8/c32-20-9-7-18(8-10-20)28(35)31-22-16-30-11-1-2-24(22)39-29(36)19-5-3-17(4-6-19)27(34)21-14-25-26(15-23(21)33)38-13-12-37-25/h3-10,12-15,22,24,30,32-33H,1-2,11,16H2,(H,31,35)/t22-,24-/m1/s1. The van der Waals surface area contributed by atoms with Gasteiger partial charge >= 0.3 is 5.97 Å². The van der Waals surface area contributed by atoms with Gasteiger partial charge in [0.05, 0.1) is 17.2 Å². The number of nitrogens with one attached hydrogen (secondary N) is 2. The monoisotopic (exact) mass is 530 g/mol. The van der Waals surface area contributed by atoms with E-state index in [9.17, 15) is 24.6 Å². The van der Waals surface area contributed by atoms with E-state index in [0.29, 0.717) is 24.3 Å². The van der Waals surface area contributed by atoms with Crippen LogP contribution in [0.2, 0.25) is 0 Å². The number of hydrogen-bond donors (Lipinski definition) is 4. The Morgan fingerprint density at radius 1 is 0.872 bits per heavy atom. The van der Waals surface area contributed by atoms with Gasteiger partial charge in [-0.05, 0) is 61.9 Å². The Morgan fingerprint density at radius 3 is 2.23 bits per heavy atom. The number of aromatic hydroxyl groups is 2. The van der Waals surface area contributed by atoms with E-state index in [0.717, 1.165) is 13.0 Å². The number of hydrogen-bond acceptors (Lipinski definition) is 9. The van der Waals surface area contributed by atoms with Crippen molar-refractivity contribution in [2.75, 3.05) is 13.1 Å². The van der Waals surface area contributed by atoms with Crippen LogP contribution in [0.4, 0.5) is 0 Å². The van der Waals surface area contributed by atoms with Gasteiger partial charge in [-0.3, -0.25) is 9.59 Å². The third-order valence-electron chi connectivity index (χ3n) is 6.49. The third kappa shape index (κ3) is 5.86. The van der Waals surface area contributed by atoms with Gasteiger partial charge in [0, 0.05) is 23.7 Å². The fourth-order valence-electron chi connectivity index (χ4n) is 4.40. The molecule has 2 heterocycles. The predicted molar refractivity (Wildman–Crippen MR) is 139 cm³/mol. The second kappa shape index (κ2) is 11.3. The molecule has 1 amide bonds. The lowest BCUT2D eigenvalue weighted by Gasteiger charge is -2.26. The van der Waals surface area contributed by atoms with Crippen molar-refractivity contribution in [3.63, 3.8) is 0 Å². The lowest BCUT2D eigenvalue weighted by molar-refractivity contribution is 0.0192. The maximum atomic E-state index is 13.0. The first-order valence-corrected chi connectivity index (χ1v) is 12.4. The van der Waals surface area contributed by atoms with Gasteiger partial charge in [-0.15, -0.1) is 0 Å². The van der Waals surface area contributed by atoms with E-state index in [1.807, 2.05) is 0 Å². The molecule has 0 spiro atoms. The van der Waals surface area contributed by atoms with Crippen molar-refractivity contribution >= 4 is 17.7 Å². The normalized spacial score (nSPS) is 18.1. The van der Waals surface area contributed by atoms with Crippen molar-refractivity contribution in [1.29, 1.82) is 0 Å². The summed E-state index contributed by atoms with van der Waals surface area (Å²) < 4.78 is 16.4. The minimum atomic E-state index is -0.584. The van der Waals surface area contributed by atoms with Crippen molar-refractivity contribution in [2.24, 2.45) is 0 Å². The molecule has 0 aromatic heterocycles. The van der Waals surface area contributed by atoms with Crippen molar-refractivity contribution in [3.05, 3.63) is 95.4 Å². The molecule has 2 atom stereocenters. The molecule has 0 unspecified atom stereocenters. The highest BCUT2D eigenvalue weighted by Crippen LogP contribution is 2.37. The Labute approximate surface area is 223 Å². The number of ketones is 1. The molecule has 200 valence electrons. The molecule has 1 saturated heterocycles. The zero-order valence-electron chi connectivity index (χ0n) is 20.8. The van der Waals surface area contributed by atoms with Crippen molar-refractivity contribution in [1.82, 2.24) is 10.6 Å². The van der Waals surface area contributed by atoms with Crippen LogP contribution in [-0.4, -0.2) is 53.1 Å². The maximum absolute atomic E-state index is 13.0. The highest BCUT2D eigenvalue weighted by molar-refractivity contribution is 6.11. The number of phenolic OH excluding ortho intramolecular Hbond substituents is 2. The average Bonchev–Trinajstić information content (AvgIpc) is 3.17. The van der Waals surface area contributed by atoms with Gasteiger partial charge in [-0.2, -0.15) is 0 Å². The molecule has 2 aliphatic heterocycles. The first-order chi connectivity index (χ1) is 18.9. The van der Waals surface area contributed by atoms with Gasteiger partial charge in [0.15, 0.2) is 17.3 Å². The minimum Gasteiger partial charge on any atom is -0.508 e. The average molecular weight is 531 g/mol. The number of amides is 1. The quantitative estimate of drug-likeness (QED) is 0.279. The molecule has 5 rings (SSSR count). The molecule has 0 aliphatic carbocycles. The molecule has 3 aromatic rings. The van der Waals surface area contributed by atoms with Crippen LogP contribution in [0.5, 0.6) is 23.0 Å². The number of ether oxygens (including phenoxy) is 3. The van der Waals surface area contributed by atoms with Gasteiger partial charge in [0.25, 0.3) is 5.91 Å². The van der Waals surface area contributed by atoms with Gasteiger partial charge in [-0.25, -0.2) is 4.79 Å². The molecule has 0 bridgehead atoms. The Bertz CT molecular complexity index is 1420. The molecular formula is C29H26N2O8. The van der Waals surface area contributed by atoms with Crippen LogP contribution in [0, 0.1) is 0 Å². The molecule has 4 N–H and O–H groups in total.